The lowest BCUT2D eigenvalue weighted by molar-refractivity contribution is -0.214. The van der Waals surface area contributed by atoms with Gasteiger partial charge in [0.2, 0.25) is 0 Å². The highest BCUT2D eigenvalue weighted by Gasteiger charge is 2.54. The largest absolute Gasteiger partial charge is 0.479 e. The molecule has 2 saturated heterocycles. The molecule has 5 nitrogen and oxygen atoms in total. The first-order chi connectivity index (χ1) is 6.41. The van der Waals surface area contributed by atoms with Crippen molar-refractivity contribution in [2.24, 2.45) is 5.92 Å². The molecule has 14 heavy (non-hydrogen) atoms. The molecule has 2 heterocycles. The maximum Gasteiger partial charge on any atom is 0.333 e. The molecule has 0 aromatic rings. The lowest BCUT2D eigenvalue weighted by atomic mass is 10.0. The monoisotopic (exact) mass is 202 g/mol. The van der Waals surface area contributed by atoms with Gasteiger partial charge in [-0.1, -0.05) is 6.92 Å². The van der Waals surface area contributed by atoms with Crippen LogP contribution in [0.1, 0.15) is 20.8 Å². The van der Waals surface area contributed by atoms with E-state index in [4.69, 9.17) is 19.3 Å². The van der Waals surface area contributed by atoms with Crippen molar-refractivity contribution in [3.63, 3.8) is 0 Å². The summed E-state index contributed by atoms with van der Waals surface area (Å²) in [5.74, 6) is -1.82. The van der Waals surface area contributed by atoms with Gasteiger partial charge in [-0.2, -0.15) is 0 Å². The molecule has 1 N–H and O–H groups in total. The Morgan fingerprint density at radius 3 is 2.50 bits per heavy atom. The Morgan fingerprint density at radius 1 is 1.36 bits per heavy atom. The molecule has 0 spiro atoms. The topological polar surface area (TPSA) is 65.0 Å². The third-order valence-corrected chi connectivity index (χ3v) is 2.61. The quantitative estimate of drug-likeness (QED) is 0.674. The zero-order valence-corrected chi connectivity index (χ0v) is 8.39. The highest BCUT2D eigenvalue weighted by Crippen LogP contribution is 2.40. The summed E-state index contributed by atoms with van der Waals surface area (Å²) in [7, 11) is 0. The summed E-state index contributed by atoms with van der Waals surface area (Å²) in [6, 6.07) is 0. The fourth-order valence-electron chi connectivity index (χ4n) is 1.94. The number of ether oxygens (including phenoxy) is 3. The molecule has 4 atom stereocenters. The van der Waals surface area contributed by atoms with E-state index >= 15 is 0 Å². The van der Waals surface area contributed by atoms with Crippen LogP contribution in [-0.2, 0) is 19.0 Å². The van der Waals surface area contributed by atoms with Gasteiger partial charge in [0.15, 0.2) is 18.2 Å². The predicted octanol–water partition coefficient (Wildman–Crippen LogP) is 0.584. The Kier molecular flexibility index (Phi) is 2.06. The van der Waals surface area contributed by atoms with Crippen molar-refractivity contribution in [2.45, 2.75) is 45.1 Å². The van der Waals surface area contributed by atoms with E-state index in [1.54, 1.807) is 20.8 Å². The van der Waals surface area contributed by atoms with Crippen molar-refractivity contribution in [3.05, 3.63) is 0 Å². The fraction of sp³-hybridized carbons (Fsp3) is 0.889. The predicted molar refractivity (Wildman–Crippen MR) is 45.5 cm³/mol. The Morgan fingerprint density at radius 2 is 2.00 bits per heavy atom. The molecule has 0 aromatic carbocycles. The lowest BCUT2D eigenvalue weighted by Gasteiger charge is -2.21. The first-order valence-electron chi connectivity index (χ1n) is 4.64. The van der Waals surface area contributed by atoms with E-state index in [9.17, 15) is 4.79 Å². The summed E-state index contributed by atoms with van der Waals surface area (Å²) >= 11 is 0. The van der Waals surface area contributed by atoms with Crippen molar-refractivity contribution in [3.8, 4) is 0 Å². The van der Waals surface area contributed by atoms with Crippen LogP contribution in [0.3, 0.4) is 0 Å². The van der Waals surface area contributed by atoms with Crippen molar-refractivity contribution >= 4 is 5.97 Å². The molecule has 0 radical (unpaired) electrons. The van der Waals surface area contributed by atoms with Crippen molar-refractivity contribution < 1.29 is 24.1 Å². The van der Waals surface area contributed by atoms with E-state index in [0.29, 0.717) is 0 Å². The average Bonchev–Trinajstić information content (AvgIpc) is 2.46. The number of carboxylic acids is 1. The smallest absolute Gasteiger partial charge is 0.333 e. The number of hydrogen-bond donors (Lipinski definition) is 1. The molecule has 0 amide bonds. The molecule has 0 saturated carbocycles. The minimum absolute atomic E-state index is 0.181. The first-order valence-corrected chi connectivity index (χ1v) is 4.64. The average molecular weight is 202 g/mol. The van der Waals surface area contributed by atoms with E-state index in [2.05, 4.69) is 0 Å². The number of fused-ring (bicyclic) bond motifs is 1. The maximum atomic E-state index is 10.8. The second-order valence-electron chi connectivity index (χ2n) is 4.22. The van der Waals surface area contributed by atoms with Gasteiger partial charge in [-0.25, -0.2) is 4.79 Å². The van der Waals surface area contributed by atoms with E-state index in [1.807, 2.05) is 0 Å². The van der Waals surface area contributed by atoms with Gasteiger partial charge in [0.25, 0.3) is 0 Å². The highest BCUT2D eigenvalue weighted by molar-refractivity contribution is 5.73. The van der Waals surface area contributed by atoms with E-state index < -0.39 is 24.2 Å². The number of rotatable bonds is 1. The van der Waals surface area contributed by atoms with Crippen molar-refractivity contribution in [2.75, 3.05) is 0 Å². The summed E-state index contributed by atoms with van der Waals surface area (Å²) in [4.78, 5) is 10.8. The molecule has 2 aliphatic rings. The van der Waals surface area contributed by atoms with Crippen LogP contribution in [-0.4, -0.2) is 35.4 Å². The van der Waals surface area contributed by atoms with Crippen molar-refractivity contribution in [1.82, 2.24) is 0 Å². The number of hydrogen-bond acceptors (Lipinski definition) is 4. The van der Waals surface area contributed by atoms with Crippen LogP contribution >= 0.6 is 0 Å². The Hall–Kier alpha value is -0.650. The highest BCUT2D eigenvalue weighted by atomic mass is 16.8. The molecule has 2 rings (SSSR count). The second-order valence-corrected chi connectivity index (χ2v) is 4.22. The van der Waals surface area contributed by atoms with E-state index in [0.717, 1.165) is 0 Å². The van der Waals surface area contributed by atoms with Gasteiger partial charge in [0, 0.05) is 5.92 Å². The minimum Gasteiger partial charge on any atom is -0.479 e. The Labute approximate surface area is 81.9 Å². The summed E-state index contributed by atoms with van der Waals surface area (Å²) in [5.41, 5.74) is 0. The third-order valence-electron chi connectivity index (χ3n) is 2.61. The number of aliphatic carboxylic acids is 1. The second kappa shape index (κ2) is 2.92. The molecular weight excluding hydrogens is 188 g/mol. The Balaban J connectivity index is 2.11. The lowest BCUT2D eigenvalue weighted by Crippen LogP contribution is -2.32. The SMILES string of the molecule is C[C@H]1[C@H]2OC(C)(C)O[C@H]2O[C@@H]1C(=O)O. The van der Waals surface area contributed by atoms with Gasteiger partial charge >= 0.3 is 5.97 Å². The van der Waals surface area contributed by atoms with Gasteiger partial charge in [0.05, 0.1) is 0 Å². The zero-order chi connectivity index (χ0) is 10.5. The zero-order valence-electron chi connectivity index (χ0n) is 8.39. The third kappa shape index (κ3) is 1.41. The van der Waals surface area contributed by atoms with Crippen molar-refractivity contribution in [1.29, 1.82) is 0 Å². The van der Waals surface area contributed by atoms with Crippen LogP contribution in [0.4, 0.5) is 0 Å². The van der Waals surface area contributed by atoms with E-state index in [1.165, 1.54) is 0 Å². The minimum atomic E-state index is -0.961. The standard InChI is InChI=1S/C9H14O5/c1-4-5(7(10)11)12-8-6(4)13-9(2,3)14-8/h4-6,8H,1-3H3,(H,10,11)/t4-,5+,6-,8-/m1/s1. The number of carboxylic acid groups (broad SMARTS) is 1. The van der Waals surface area contributed by atoms with Gasteiger partial charge in [-0.15, -0.1) is 0 Å². The number of carbonyl (C=O) groups is 1. The summed E-state index contributed by atoms with van der Waals surface area (Å²) in [6.07, 6.45) is -1.63. The van der Waals surface area contributed by atoms with Crippen LogP contribution in [0.5, 0.6) is 0 Å². The molecule has 5 heteroatoms. The van der Waals surface area contributed by atoms with Gasteiger partial charge in [-0.05, 0) is 13.8 Å². The van der Waals surface area contributed by atoms with Crippen LogP contribution in [0.2, 0.25) is 0 Å². The first kappa shape index (κ1) is 9.89. The van der Waals surface area contributed by atoms with Gasteiger partial charge < -0.3 is 19.3 Å². The van der Waals surface area contributed by atoms with Crippen LogP contribution in [0.15, 0.2) is 0 Å². The summed E-state index contributed by atoms with van der Waals surface area (Å²) in [6.45, 7) is 5.38. The molecule has 2 fully saturated rings. The molecule has 0 aromatic heterocycles. The van der Waals surface area contributed by atoms with Crippen LogP contribution in [0, 0.1) is 5.92 Å². The van der Waals surface area contributed by atoms with Gasteiger partial charge in [-0.3, -0.25) is 0 Å². The fourth-order valence-corrected chi connectivity index (χ4v) is 1.94. The maximum absolute atomic E-state index is 10.8. The van der Waals surface area contributed by atoms with Crippen LogP contribution in [0.25, 0.3) is 0 Å². The Bertz CT molecular complexity index is 262. The molecule has 0 unspecified atom stereocenters. The van der Waals surface area contributed by atoms with Crippen LogP contribution < -0.4 is 0 Å². The molecule has 0 bridgehead atoms. The molecule has 2 aliphatic heterocycles. The summed E-state index contributed by atoms with van der Waals surface area (Å²) in [5, 5.41) is 8.83. The normalized spacial score (nSPS) is 45.1. The van der Waals surface area contributed by atoms with Gasteiger partial charge in [0.1, 0.15) is 6.10 Å². The molecule has 80 valence electrons. The van der Waals surface area contributed by atoms with E-state index in [-0.39, 0.29) is 12.0 Å². The molecular formula is C9H14O5. The summed E-state index contributed by atoms with van der Waals surface area (Å²) < 4.78 is 16.2. The molecule has 0 aliphatic carbocycles.